The van der Waals surface area contributed by atoms with Crippen molar-refractivity contribution in [2.24, 2.45) is 0 Å². The van der Waals surface area contributed by atoms with Gasteiger partial charge >= 0.3 is 0 Å². The summed E-state index contributed by atoms with van der Waals surface area (Å²) in [5, 5.41) is 2.02. The highest BCUT2D eigenvalue weighted by Crippen LogP contribution is 2.28. The Bertz CT molecular complexity index is 1180. The van der Waals surface area contributed by atoms with Gasteiger partial charge in [0.05, 0.1) is 20.8 Å². The monoisotopic (exact) mass is 550 g/mol. The first-order valence-corrected chi connectivity index (χ1v) is 14.7. The van der Waals surface area contributed by atoms with E-state index in [2.05, 4.69) is 6.92 Å². The van der Waals surface area contributed by atoms with Gasteiger partial charge in [0.1, 0.15) is 6.54 Å². The molecule has 1 heterocycles. The van der Waals surface area contributed by atoms with Gasteiger partial charge in [0.2, 0.25) is 5.91 Å². The van der Waals surface area contributed by atoms with Crippen LogP contribution in [-0.4, -0.2) is 55.0 Å². The van der Waals surface area contributed by atoms with Crippen molar-refractivity contribution in [3.63, 3.8) is 0 Å². The molecular weight excluding hydrogens is 508 g/mol. The Hall–Kier alpha value is -3.32. The summed E-state index contributed by atoms with van der Waals surface area (Å²) >= 11 is 1.63. The topological polar surface area (TPSA) is 59.1 Å². The third kappa shape index (κ3) is 8.59. The zero-order valence-corrected chi connectivity index (χ0v) is 24.8. The zero-order chi connectivity index (χ0) is 28.2. The van der Waals surface area contributed by atoms with Gasteiger partial charge < -0.3 is 19.3 Å². The molecule has 0 spiro atoms. The van der Waals surface area contributed by atoms with Crippen LogP contribution in [0.5, 0.6) is 11.5 Å². The summed E-state index contributed by atoms with van der Waals surface area (Å²) in [7, 11) is 3.23. The molecule has 3 aromatic rings. The van der Waals surface area contributed by atoms with Crippen LogP contribution in [0.4, 0.5) is 0 Å². The first kappa shape index (κ1) is 30.2. The van der Waals surface area contributed by atoms with E-state index < -0.39 is 0 Å². The lowest BCUT2D eigenvalue weighted by atomic mass is 10.0. The van der Waals surface area contributed by atoms with Crippen LogP contribution in [-0.2, 0) is 24.2 Å². The Labute approximate surface area is 237 Å². The van der Waals surface area contributed by atoms with E-state index in [1.807, 2.05) is 78.7 Å². The highest BCUT2D eigenvalue weighted by atomic mass is 32.1. The van der Waals surface area contributed by atoms with E-state index >= 15 is 0 Å². The third-order valence-electron chi connectivity index (χ3n) is 7.11. The maximum absolute atomic E-state index is 13.7. The third-order valence-corrected chi connectivity index (χ3v) is 7.97. The lowest BCUT2D eigenvalue weighted by Gasteiger charge is -2.31. The van der Waals surface area contributed by atoms with Gasteiger partial charge in [-0.3, -0.25) is 9.59 Å². The number of unbranched alkanes of at least 4 members (excludes halogenated alkanes) is 1. The molecule has 39 heavy (non-hydrogen) atoms. The number of carbonyl (C=O) groups excluding carboxylic acids is 2. The molecule has 2 amide bonds. The molecule has 0 aliphatic heterocycles. The number of methoxy groups -OCH3 is 2. The van der Waals surface area contributed by atoms with Gasteiger partial charge in [0, 0.05) is 23.0 Å². The van der Waals surface area contributed by atoms with E-state index in [1.54, 1.807) is 30.5 Å². The van der Waals surface area contributed by atoms with Gasteiger partial charge in [0.15, 0.2) is 11.5 Å². The standard InChI is InChI=1S/C32H42N2O4S/c1-6-8-10-25-12-15-27(16-13-25)32(36)34(24(3)7-2)23-31(35)33(22-28-11-9-20-39-28)19-18-26-14-17-29(37-4)30(21-26)38-5/h9,11-17,20-21,24H,6-8,10,18-19,22-23H2,1-5H3. The van der Waals surface area contributed by atoms with Crippen molar-refractivity contribution >= 4 is 23.2 Å². The molecule has 0 N–H and O–H groups in total. The molecule has 0 fully saturated rings. The van der Waals surface area contributed by atoms with Crippen molar-refractivity contribution in [2.45, 2.75) is 65.5 Å². The lowest BCUT2D eigenvalue weighted by molar-refractivity contribution is -0.132. The molecule has 0 saturated heterocycles. The molecular formula is C32H42N2O4S. The molecule has 1 atom stereocenters. The van der Waals surface area contributed by atoms with E-state index in [0.717, 1.165) is 36.1 Å². The average Bonchev–Trinajstić information content (AvgIpc) is 3.49. The van der Waals surface area contributed by atoms with Gasteiger partial charge in [-0.05, 0) is 79.4 Å². The first-order chi connectivity index (χ1) is 18.9. The van der Waals surface area contributed by atoms with Crippen LogP contribution in [0.2, 0.25) is 0 Å². The number of hydrogen-bond acceptors (Lipinski definition) is 5. The molecule has 0 aliphatic rings. The Morgan fingerprint density at radius 3 is 2.26 bits per heavy atom. The van der Waals surface area contributed by atoms with E-state index in [-0.39, 0.29) is 24.4 Å². The summed E-state index contributed by atoms with van der Waals surface area (Å²) < 4.78 is 10.8. The molecule has 3 rings (SSSR count). The highest BCUT2D eigenvalue weighted by molar-refractivity contribution is 7.09. The number of carbonyl (C=O) groups is 2. The fourth-order valence-corrected chi connectivity index (χ4v) is 5.16. The lowest BCUT2D eigenvalue weighted by Crippen LogP contribution is -2.46. The smallest absolute Gasteiger partial charge is 0.254 e. The van der Waals surface area contributed by atoms with Gasteiger partial charge in [-0.25, -0.2) is 0 Å². The van der Waals surface area contributed by atoms with Crippen molar-refractivity contribution < 1.29 is 19.1 Å². The number of amides is 2. The molecule has 7 heteroatoms. The number of aryl methyl sites for hydroxylation is 1. The number of hydrogen-bond donors (Lipinski definition) is 0. The second kappa shape index (κ2) is 15.3. The summed E-state index contributed by atoms with van der Waals surface area (Å²) in [5.41, 5.74) is 2.91. The van der Waals surface area contributed by atoms with Crippen molar-refractivity contribution in [2.75, 3.05) is 27.3 Å². The predicted molar refractivity (Wildman–Crippen MR) is 159 cm³/mol. The zero-order valence-electron chi connectivity index (χ0n) is 23.9. The molecule has 0 saturated carbocycles. The fraction of sp³-hybridized carbons (Fsp3) is 0.438. The Balaban J connectivity index is 1.77. The van der Waals surface area contributed by atoms with Crippen LogP contribution >= 0.6 is 11.3 Å². The summed E-state index contributed by atoms with van der Waals surface area (Å²) in [5.74, 6) is 1.18. The van der Waals surface area contributed by atoms with Gasteiger partial charge in [-0.2, -0.15) is 0 Å². The quantitative estimate of drug-likeness (QED) is 0.213. The van der Waals surface area contributed by atoms with E-state index in [0.29, 0.717) is 36.6 Å². The number of ether oxygens (including phenoxy) is 2. The van der Waals surface area contributed by atoms with Crippen molar-refractivity contribution in [1.29, 1.82) is 0 Å². The Morgan fingerprint density at radius 2 is 1.64 bits per heavy atom. The van der Waals surface area contributed by atoms with Crippen molar-refractivity contribution in [1.82, 2.24) is 9.80 Å². The van der Waals surface area contributed by atoms with E-state index in [9.17, 15) is 9.59 Å². The van der Waals surface area contributed by atoms with Crippen LogP contribution in [0.3, 0.4) is 0 Å². The minimum absolute atomic E-state index is 0.0444. The summed E-state index contributed by atoms with van der Waals surface area (Å²) in [6, 6.07) is 17.7. The van der Waals surface area contributed by atoms with Crippen molar-refractivity contribution in [3.8, 4) is 11.5 Å². The second-order valence-electron chi connectivity index (χ2n) is 9.82. The molecule has 1 aromatic heterocycles. The van der Waals surface area contributed by atoms with Crippen LogP contribution in [0, 0.1) is 0 Å². The van der Waals surface area contributed by atoms with Crippen LogP contribution in [0.25, 0.3) is 0 Å². The minimum atomic E-state index is -0.101. The molecule has 6 nitrogen and oxygen atoms in total. The number of rotatable bonds is 15. The predicted octanol–water partition coefficient (Wildman–Crippen LogP) is 6.62. The molecule has 1 unspecified atom stereocenters. The van der Waals surface area contributed by atoms with Crippen molar-refractivity contribution in [3.05, 3.63) is 81.5 Å². The van der Waals surface area contributed by atoms with Gasteiger partial charge in [-0.1, -0.05) is 44.5 Å². The minimum Gasteiger partial charge on any atom is -0.493 e. The summed E-state index contributed by atoms with van der Waals surface area (Å²) in [6.45, 7) is 7.31. The fourth-order valence-electron chi connectivity index (χ4n) is 4.44. The molecule has 0 bridgehead atoms. The molecule has 0 aliphatic carbocycles. The van der Waals surface area contributed by atoms with E-state index in [4.69, 9.17) is 9.47 Å². The van der Waals surface area contributed by atoms with Crippen LogP contribution in [0.1, 0.15) is 66.4 Å². The number of nitrogens with zero attached hydrogens (tertiary/aromatic N) is 2. The number of thiophene rings is 1. The molecule has 210 valence electrons. The Morgan fingerprint density at radius 1 is 0.923 bits per heavy atom. The van der Waals surface area contributed by atoms with Gasteiger partial charge in [-0.15, -0.1) is 11.3 Å². The van der Waals surface area contributed by atoms with Gasteiger partial charge in [0.25, 0.3) is 5.91 Å². The van der Waals surface area contributed by atoms with Crippen LogP contribution in [0.15, 0.2) is 60.0 Å². The SMILES string of the molecule is CCCCc1ccc(C(=O)N(CC(=O)N(CCc2ccc(OC)c(OC)c2)Cc2cccs2)C(C)CC)cc1. The first-order valence-electron chi connectivity index (χ1n) is 13.8. The van der Waals surface area contributed by atoms with Crippen LogP contribution < -0.4 is 9.47 Å². The summed E-state index contributed by atoms with van der Waals surface area (Å²) in [4.78, 5) is 32.0. The maximum Gasteiger partial charge on any atom is 0.254 e. The van der Waals surface area contributed by atoms with E-state index in [1.165, 1.54) is 5.56 Å². The average molecular weight is 551 g/mol. The maximum atomic E-state index is 13.7. The Kier molecular flexibility index (Phi) is 11.9. The summed E-state index contributed by atoms with van der Waals surface area (Å²) in [6.07, 6.45) is 4.71. The normalized spacial score (nSPS) is 11.6. The highest BCUT2D eigenvalue weighted by Gasteiger charge is 2.26. The number of benzene rings is 2. The largest absolute Gasteiger partial charge is 0.493 e. The second-order valence-corrected chi connectivity index (χ2v) is 10.9. The molecule has 2 aromatic carbocycles. The molecule has 0 radical (unpaired) electrons.